The van der Waals surface area contributed by atoms with E-state index in [4.69, 9.17) is 0 Å². The van der Waals surface area contributed by atoms with Crippen LogP contribution in [-0.2, 0) is 16.0 Å². The highest BCUT2D eigenvalue weighted by molar-refractivity contribution is 5.89. The number of rotatable bonds is 6. The molecule has 1 aliphatic heterocycles. The number of aromatic amines is 1. The Hall–Kier alpha value is -3.48. The first-order valence-corrected chi connectivity index (χ1v) is 9.80. The van der Waals surface area contributed by atoms with Gasteiger partial charge in [-0.15, -0.1) is 0 Å². The zero-order chi connectivity index (χ0) is 21.1. The second-order valence-corrected chi connectivity index (χ2v) is 7.30. The molecular weight excluding hydrogens is 388 g/mol. The van der Waals surface area contributed by atoms with Crippen molar-refractivity contribution in [3.8, 4) is 22.5 Å². The predicted octanol–water partition coefficient (Wildman–Crippen LogP) is 3.56. The Kier molecular flexibility index (Phi) is 5.61. The minimum absolute atomic E-state index is 0.163. The number of hydrogen-bond donors (Lipinski definition) is 3. The van der Waals surface area contributed by atoms with Crippen LogP contribution in [0.5, 0.6) is 0 Å². The fourth-order valence-electron chi connectivity index (χ4n) is 3.63. The van der Waals surface area contributed by atoms with E-state index in [0.29, 0.717) is 30.6 Å². The molecule has 1 aromatic heterocycles. The lowest BCUT2D eigenvalue weighted by molar-refractivity contribution is -0.127. The van der Waals surface area contributed by atoms with Crippen LogP contribution in [0.15, 0.2) is 54.6 Å². The van der Waals surface area contributed by atoms with Crippen LogP contribution >= 0.6 is 0 Å². The number of hydrogen-bond acceptors (Lipinski definition) is 2. The summed E-state index contributed by atoms with van der Waals surface area (Å²) in [6.45, 7) is 0.562. The molecule has 2 amide bonds. The molecule has 1 fully saturated rings. The number of halogens is 2. The van der Waals surface area contributed by atoms with Crippen molar-refractivity contribution in [2.45, 2.75) is 25.3 Å². The van der Waals surface area contributed by atoms with Gasteiger partial charge in [-0.3, -0.25) is 9.59 Å². The van der Waals surface area contributed by atoms with E-state index in [1.807, 2.05) is 6.07 Å². The summed E-state index contributed by atoms with van der Waals surface area (Å²) in [5, 5.41) is 5.44. The standard InChI is InChI=1S/C23H21F2N3O2/c24-17-7-4-14(5-8-17)20-13-16(22(28-20)15-2-1-3-18(25)12-15)6-9-21(29)27-19-10-11-26-23(19)30/h1-5,7-8,12-13,19,28H,6,9-11H2,(H,26,30)(H,27,29). The van der Waals surface area contributed by atoms with E-state index in [9.17, 15) is 18.4 Å². The van der Waals surface area contributed by atoms with E-state index in [1.54, 1.807) is 24.3 Å². The molecule has 0 saturated carbocycles. The zero-order valence-electron chi connectivity index (χ0n) is 16.2. The van der Waals surface area contributed by atoms with Crippen LogP contribution in [0, 0.1) is 11.6 Å². The fraction of sp³-hybridized carbons (Fsp3) is 0.217. The summed E-state index contributed by atoms with van der Waals surface area (Å²) < 4.78 is 27.1. The molecule has 2 heterocycles. The number of H-pyrrole nitrogens is 1. The number of aromatic nitrogens is 1. The van der Waals surface area contributed by atoms with Crippen LogP contribution in [0.1, 0.15) is 18.4 Å². The van der Waals surface area contributed by atoms with Gasteiger partial charge in [-0.25, -0.2) is 8.78 Å². The molecular formula is C23H21F2N3O2. The molecule has 1 atom stereocenters. The molecule has 3 N–H and O–H groups in total. The van der Waals surface area contributed by atoms with E-state index < -0.39 is 6.04 Å². The Labute approximate surface area is 172 Å². The Morgan fingerprint density at radius 3 is 2.53 bits per heavy atom. The van der Waals surface area contributed by atoms with Gasteiger partial charge in [0.2, 0.25) is 11.8 Å². The van der Waals surface area contributed by atoms with Gasteiger partial charge in [-0.1, -0.05) is 12.1 Å². The smallest absolute Gasteiger partial charge is 0.242 e. The molecule has 0 aliphatic carbocycles. The summed E-state index contributed by atoms with van der Waals surface area (Å²) in [5.41, 5.74) is 3.74. The molecule has 1 aliphatic rings. The lowest BCUT2D eigenvalue weighted by Crippen LogP contribution is -2.40. The zero-order valence-corrected chi connectivity index (χ0v) is 16.2. The molecule has 5 nitrogen and oxygen atoms in total. The van der Waals surface area contributed by atoms with Gasteiger partial charge in [-0.05, 0) is 66.4 Å². The molecule has 0 bridgehead atoms. The van der Waals surface area contributed by atoms with Crippen molar-refractivity contribution >= 4 is 11.8 Å². The first-order chi connectivity index (χ1) is 14.5. The van der Waals surface area contributed by atoms with Crippen molar-refractivity contribution in [2.24, 2.45) is 0 Å². The maximum absolute atomic E-state index is 13.8. The lowest BCUT2D eigenvalue weighted by Gasteiger charge is -2.10. The van der Waals surface area contributed by atoms with Gasteiger partial charge in [0.1, 0.15) is 17.7 Å². The summed E-state index contributed by atoms with van der Waals surface area (Å²) >= 11 is 0. The summed E-state index contributed by atoms with van der Waals surface area (Å²) in [7, 11) is 0. The van der Waals surface area contributed by atoms with Crippen molar-refractivity contribution < 1.29 is 18.4 Å². The third kappa shape index (κ3) is 4.40. The van der Waals surface area contributed by atoms with E-state index in [0.717, 1.165) is 16.8 Å². The van der Waals surface area contributed by atoms with Crippen LogP contribution in [0.2, 0.25) is 0 Å². The number of amides is 2. The normalized spacial score (nSPS) is 15.8. The van der Waals surface area contributed by atoms with Gasteiger partial charge in [0, 0.05) is 29.9 Å². The van der Waals surface area contributed by atoms with Gasteiger partial charge in [0.15, 0.2) is 0 Å². The molecule has 2 aromatic carbocycles. The molecule has 3 aromatic rings. The number of aryl methyl sites for hydroxylation is 1. The fourth-order valence-corrected chi connectivity index (χ4v) is 3.63. The minimum Gasteiger partial charge on any atom is -0.354 e. The molecule has 4 rings (SSSR count). The summed E-state index contributed by atoms with van der Waals surface area (Å²) in [6, 6.07) is 13.7. The molecule has 7 heteroatoms. The highest BCUT2D eigenvalue weighted by Crippen LogP contribution is 2.30. The summed E-state index contributed by atoms with van der Waals surface area (Å²) in [6.07, 6.45) is 1.18. The van der Waals surface area contributed by atoms with Crippen LogP contribution in [-0.4, -0.2) is 29.4 Å². The average molecular weight is 409 g/mol. The number of carbonyl (C=O) groups excluding carboxylic acids is 2. The second kappa shape index (κ2) is 8.49. The van der Waals surface area contributed by atoms with Crippen molar-refractivity contribution in [1.82, 2.24) is 15.6 Å². The highest BCUT2D eigenvalue weighted by atomic mass is 19.1. The van der Waals surface area contributed by atoms with Gasteiger partial charge in [0.25, 0.3) is 0 Å². The largest absolute Gasteiger partial charge is 0.354 e. The summed E-state index contributed by atoms with van der Waals surface area (Å²) in [4.78, 5) is 27.3. The van der Waals surface area contributed by atoms with Gasteiger partial charge in [-0.2, -0.15) is 0 Å². The first-order valence-electron chi connectivity index (χ1n) is 9.80. The SMILES string of the molecule is O=C(CCc1cc(-c2ccc(F)cc2)[nH]c1-c1cccc(F)c1)NC1CCNC1=O. The van der Waals surface area contributed by atoms with Crippen molar-refractivity contribution in [2.75, 3.05) is 6.54 Å². The van der Waals surface area contributed by atoms with E-state index >= 15 is 0 Å². The average Bonchev–Trinajstić information content (AvgIpc) is 3.33. The Morgan fingerprint density at radius 1 is 1.03 bits per heavy atom. The maximum atomic E-state index is 13.8. The third-order valence-electron chi connectivity index (χ3n) is 5.17. The van der Waals surface area contributed by atoms with Crippen LogP contribution in [0.3, 0.4) is 0 Å². The topological polar surface area (TPSA) is 74.0 Å². The van der Waals surface area contributed by atoms with Crippen LogP contribution < -0.4 is 10.6 Å². The minimum atomic E-state index is -0.485. The quantitative estimate of drug-likeness (QED) is 0.582. The predicted molar refractivity (Wildman–Crippen MR) is 109 cm³/mol. The van der Waals surface area contributed by atoms with Crippen molar-refractivity contribution in [3.63, 3.8) is 0 Å². The molecule has 0 radical (unpaired) electrons. The molecule has 1 unspecified atom stereocenters. The Bertz CT molecular complexity index is 1080. The third-order valence-corrected chi connectivity index (χ3v) is 5.17. The molecule has 1 saturated heterocycles. The monoisotopic (exact) mass is 409 g/mol. The highest BCUT2D eigenvalue weighted by Gasteiger charge is 2.25. The molecule has 30 heavy (non-hydrogen) atoms. The van der Waals surface area contributed by atoms with Crippen LogP contribution in [0.4, 0.5) is 8.78 Å². The number of nitrogens with one attached hydrogen (secondary N) is 3. The maximum Gasteiger partial charge on any atom is 0.242 e. The van der Waals surface area contributed by atoms with Crippen molar-refractivity contribution in [1.29, 1.82) is 0 Å². The van der Waals surface area contributed by atoms with Crippen LogP contribution in [0.25, 0.3) is 22.5 Å². The number of carbonyl (C=O) groups is 2. The Balaban J connectivity index is 1.57. The van der Waals surface area contributed by atoms with Gasteiger partial charge in [0.05, 0.1) is 0 Å². The van der Waals surface area contributed by atoms with Gasteiger partial charge >= 0.3 is 0 Å². The van der Waals surface area contributed by atoms with E-state index in [1.165, 1.54) is 24.3 Å². The molecule has 0 spiro atoms. The lowest BCUT2D eigenvalue weighted by atomic mass is 10.0. The van der Waals surface area contributed by atoms with E-state index in [-0.39, 0.29) is 29.9 Å². The second-order valence-electron chi connectivity index (χ2n) is 7.30. The van der Waals surface area contributed by atoms with Crippen molar-refractivity contribution in [3.05, 3.63) is 71.8 Å². The number of benzene rings is 2. The van der Waals surface area contributed by atoms with Gasteiger partial charge < -0.3 is 15.6 Å². The van der Waals surface area contributed by atoms with E-state index in [2.05, 4.69) is 15.6 Å². The Morgan fingerprint density at radius 2 is 1.83 bits per heavy atom. The summed E-state index contributed by atoms with van der Waals surface area (Å²) in [5.74, 6) is -1.07. The molecule has 154 valence electrons. The first kappa shape index (κ1) is 19.8.